The molecule has 1 aliphatic rings. The van der Waals surface area contributed by atoms with Crippen LogP contribution in [-0.2, 0) is 14.6 Å². The summed E-state index contributed by atoms with van der Waals surface area (Å²) in [6, 6.07) is 0. The molecule has 0 aromatic carbocycles. The van der Waals surface area contributed by atoms with E-state index in [2.05, 4.69) is 0 Å². The Hall–Kier alpha value is -0.700. The SMILES string of the molecule is NC(=O)CCS(=O)(=O)CCN1C[C@@H](O)[C@@H](O)C1. The molecule has 1 rings (SSSR count). The quantitative estimate of drug-likeness (QED) is 0.481. The van der Waals surface area contributed by atoms with Crippen molar-refractivity contribution in [2.24, 2.45) is 5.73 Å². The summed E-state index contributed by atoms with van der Waals surface area (Å²) in [5.74, 6) is -0.985. The lowest BCUT2D eigenvalue weighted by Crippen LogP contribution is -2.30. The number of hydrogen-bond acceptors (Lipinski definition) is 6. The predicted octanol–water partition coefficient (Wildman–Crippen LogP) is -2.69. The van der Waals surface area contributed by atoms with Gasteiger partial charge in [-0.05, 0) is 0 Å². The number of β-amino-alcohol motifs (C(OH)–C–C–N with tert-alkyl or cyclic N) is 2. The molecule has 4 N–H and O–H groups in total. The zero-order chi connectivity index (χ0) is 13.1. The van der Waals surface area contributed by atoms with Crippen LogP contribution in [0.2, 0.25) is 0 Å². The largest absolute Gasteiger partial charge is 0.389 e. The highest BCUT2D eigenvalue weighted by Gasteiger charge is 2.29. The van der Waals surface area contributed by atoms with Crippen molar-refractivity contribution in [2.45, 2.75) is 18.6 Å². The second kappa shape index (κ2) is 5.76. The van der Waals surface area contributed by atoms with E-state index in [0.717, 1.165) is 0 Å². The summed E-state index contributed by atoms with van der Waals surface area (Å²) in [5.41, 5.74) is 4.87. The van der Waals surface area contributed by atoms with Gasteiger partial charge in [0.1, 0.15) is 0 Å². The first-order chi connectivity index (χ1) is 7.80. The Labute approximate surface area is 100 Å². The number of carbonyl (C=O) groups is 1. The highest BCUT2D eigenvalue weighted by atomic mass is 32.2. The minimum absolute atomic E-state index is 0.0975. The van der Waals surface area contributed by atoms with Gasteiger partial charge in [0.25, 0.3) is 0 Å². The van der Waals surface area contributed by atoms with Crippen LogP contribution in [0.15, 0.2) is 0 Å². The molecule has 1 heterocycles. The van der Waals surface area contributed by atoms with Gasteiger partial charge in [-0.25, -0.2) is 8.42 Å². The molecule has 0 saturated carbocycles. The molecule has 17 heavy (non-hydrogen) atoms. The average molecular weight is 266 g/mol. The van der Waals surface area contributed by atoms with E-state index in [1.54, 1.807) is 4.90 Å². The number of aliphatic hydroxyl groups is 2. The Balaban J connectivity index is 2.33. The van der Waals surface area contributed by atoms with E-state index in [1.165, 1.54) is 0 Å². The van der Waals surface area contributed by atoms with Crippen LogP contribution in [0.5, 0.6) is 0 Å². The maximum absolute atomic E-state index is 11.5. The minimum Gasteiger partial charge on any atom is -0.389 e. The molecule has 0 aliphatic carbocycles. The molecule has 1 saturated heterocycles. The number of amides is 1. The monoisotopic (exact) mass is 266 g/mol. The number of hydrogen-bond donors (Lipinski definition) is 3. The van der Waals surface area contributed by atoms with Gasteiger partial charge in [-0.15, -0.1) is 0 Å². The van der Waals surface area contributed by atoms with Gasteiger partial charge in [0.2, 0.25) is 5.91 Å². The van der Waals surface area contributed by atoms with E-state index in [0.29, 0.717) is 0 Å². The second-order valence-electron chi connectivity index (χ2n) is 4.26. The molecule has 100 valence electrons. The summed E-state index contributed by atoms with van der Waals surface area (Å²) in [5, 5.41) is 18.5. The summed E-state index contributed by atoms with van der Waals surface area (Å²) >= 11 is 0. The molecule has 7 nitrogen and oxygen atoms in total. The molecule has 0 aromatic heterocycles. The number of carbonyl (C=O) groups excluding carboxylic acids is 1. The third-order valence-electron chi connectivity index (χ3n) is 2.71. The molecule has 1 amide bonds. The zero-order valence-electron chi connectivity index (χ0n) is 9.45. The normalized spacial score (nSPS) is 26.2. The summed E-state index contributed by atoms with van der Waals surface area (Å²) in [6.45, 7) is 0.786. The molecule has 1 aliphatic heterocycles. The average Bonchev–Trinajstić information content (AvgIpc) is 2.53. The summed E-state index contributed by atoms with van der Waals surface area (Å²) in [6.07, 6.45) is -1.81. The van der Waals surface area contributed by atoms with Crippen molar-refractivity contribution < 1.29 is 23.4 Å². The van der Waals surface area contributed by atoms with E-state index < -0.39 is 28.0 Å². The topological polar surface area (TPSA) is 121 Å². The Morgan fingerprint density at radius 3 is 2.24 bits per heavy atom. The van der Waals surface area contributed by atoms with Gasteiger partial charge in [-0.3, -0.25) is 9.69 Å². The lowest BCUT2D eigenvalue weighted by molar-refractivity contribution is -0.117. The summed E-state index contributed by atoms with van der Waals surface area (Å²) < 4.78 is 23.0. The third kappa shape index (κ3) is 4.99. The lowest BCUT2D eigenvalue weighted by atomic mass is 10.3. The number of sulfone groups is 1. The molecule has 8 heteroatoms. The van der Waals surface area contributed by atoms with Crippen molar-refractivity contribution in [1.82, 2.24) is 4.90 Å². The van der Waals surface area contributed by atoms with Gasteiger partial charge in [0.05, 0.1) is 23.7 Å². The Kier molecular flexibility index (Phi) is 4.87. The van der Waals surface area contributed by atoms with E-state index >= 15 is 0 Å². The van der Waals surface area contributed by atoms with Crippen LogP contribution in [0.1, 0.15) is 6.42 Å². The molecule has 0 aromatic rings. The number of primary amides is 1. The number of aliphatic hydroxyl groups excluding tert-OH is 2. The fourth-order valence-corrected chi connectivity index (χ4v) is 2.91. The zero-order valence-corrected chi connectivity index (χ0v) is 10.3. The summed E-state index contributed by atoms with van der Waals surface area (Å²) in [4.78, 5) is 12.2. The van der Waals surface area contributed by atoms with Gasteiger partial charge in [-0.1, -0.05) is 0 Å². The number of likely N-dealkylation sites (tertiary alicyclic amines) is 1. The van der Waals surface area contributed by atoms with E-state index in [1.807, 2.05) is 0 Å². The van der Waals surface area contributed by atoms with Crippen LogP contribution in [-0.4, -0.2) is 72.8 Å². The smallest absolute Gasteiger partial charge is 0.218 e. The Bertz CT molecular complexity index is 360. The lowest BCUT2D eigenvalue weighted by Gasteiger charge is -2.14. The first-order valence-electron chi connectivity index (χ1n) is 5.37. The molecule has 0 bridgehead atoms. The van der Waals surface area contributed by atoms with Crippen LogP contribution in [0.4, 0.5) is 0 Å². The molecular weight excluding hydrogens is 248 g/mol. The van der Waals surface area contributed by atoms with Crippen LogP contribution < -0.4 is 5.73 Å². The fourth-order valence-electron chi connectivity index (χ4n) is 1.66. The molecule has 0 radical (unpaired) electrons. The molecular formula is C9H18N2O5S. The Morgan fingerprint density at radius 1 is 1.24 bits per heavy atom. The van der Waals surface area contributed by atoms with E-state index in [-0.39, 0.29) is 37.6 Å². The van der Waals surface area contributed by atoms with Crippen molar-refractivity contribution in [3.8, 4) is 0 Å². The van der Waals surface area contributed by atoms with Gasteiger partial charge < -0.3 is 15.9 Å². The van der Waals surface area contributed by atoms with Crippen LogP contribution in [0.25, 0.3) is 0 Å². The third-order valence-corrected chi connectivity index (χ3v) is 4.34. The van der Waals surface area contributed by atoms with Crippen LogP contribution >= 0.6 is 0 Å². The fraction of sp³-hybridized carbons (Fsp3) is 0.889. The molecule has 0 spiro atoms. The van der Waals surface area contributed by atoms with Gasteiger partial charge >= 0.3 is 0 Å². The number of nitrogens with zero attached hydrogens (tertiary/aromatic N) is 1. The second-order valence-corrected chi connectivity index (χ2v) is 6.57. The first-order valence-corrected chi connectivity index (χ1v) is 7.19. The minimum atomic E-state index is -3.30. The van der Waals surface area contributed by atoms with Crippen LogP contribution in [0.3, 0.4) is 0 Å². The van der Waals surface area contributed by atoms with Gasteiger partial charge in [0, 0.05) is 26.1 Å². The molecule has 1 fully saturated rings. The predicted molar refractivity (Wildman–Crippen MR) is 60.9 cm³/mol. The van der Waals surface area contributed by atoms with E-state index in [4.69, 9.17) is 5.73 Å². The van der Waals surface area contributed by atoms with E-state index in [9.17, 15) is 23.4 Å². The highest BCUT2D eigenvalue weighted by molar-refractivity contribution is 7.91. The standard InChI is InChI=1S/C9H18N2O5S/c10-9(14)1-3-17(15,16)4-2-11-5-7(12)8(13)6-11/h7-8,12-13H,1-6H2,(H2,10,14)/t7-,8+. The van der Waals surface area contributed by atoms with Crippen molar-refractivity contribution in [3.05, 3.63) is 0 Å². The molecule has 0 unspecified atom stereocenters. The van der Waals surface area contributed by atoms with Crippen molar-refractivity contribution in [2.75, 3.05) is 31.1 Å². The first kappa shape index (κ1) is 14.4. The summed E-state index contributed by atoms with van der Waals surface area (Å²) in [7, 11) is -3.30. The van der Waals surface area contributed by atoms with Crippen molar-refractivity contribution in [1.29, 1.82) is 0 Å². The maximum Gasteiger partial charge on any atom is 0.218 e. The van der Waals surface area contributed by atoms with Gasteiger partial charge in [-0.2, -0.15) is 0 Å². The van der Waals surface area contributed by atoms with Crippen LogP contribution in [0, 0.1) is 0 Å². The van der Waals surface area contributed by atoms with Crippen molar-refractivity contribution >= 4 is 15.7 Å². The molecule has 2 atom stereocenters. The van der Waals surface area contributed by atoms with Crippen molar-refractivity contribution in [3.63, 3.8) is 0 Å². The highest BCUT2D eigenvalue weighted by Crippen LogP contribution is 2.09. The number of nitrogens with two attached hydrogens (primary N) is 1. The van der Waals surface area contributed by atoms with Gasteiger partial charge in [0.15, 0.2) is 9.84 Å². The number of rotatable bonds is 6. The maximum atomic E-state index is 11.5. The Morgan fingerprint density at radius 2 is 1.76 bits per heavy atom.